The van der Waals surface area contributed by atoms with E-state index in [1.807, 2.05) is 42.5 Å². The van der Waals surface area contributed by atoms with Crippen molar-refractivity contribution in [3.05, 3.63) is 126 Å². The lowest BCUT2D eigenvalue weighted by molar-refractivity contribution is -0.134. The van der Waals surface area contributed by atoms with Crippen LogP contribution in [-0.2, 0) is 17.6 Å². The summed E-state index contributed by atoms with van der Waals surface area (Å²) in [5, 5.41) is 8.93. The Kier molecular flexibility index (Phi) is 11.0. The molecule has 0 heterocycles. The number of benzene rings is 4. The topological polar surface area (TPSA) is 50.1 Å². The molecule has 0 aliphatic carbocycles. The number of carbonyl (C=O) groups excluding carboxylic acids is 1. The van der Waals surface area contributed by atoms with Crippen LogP contribution in [0.2, 0.25) is 0 Å². The highest BCUT2D eigenvalue weighted by molar-refractivity contribution is 5.73. The van der Waals surface area contributed by atoms with Gasteiger partial charge in [-0.05, 0) is 90.3 Å². The Morgan fingerprint density at radius 3 is 2.02 bits per heavy atom. The molecule has 208 valence electrons. The zero-order valence-electron chi connectivity index (χ0n) is 23.5. The Hall–Kier alpha value is -4.49. The van der Waals surface area contributed by atoms with Gasteiger partial charge in [-0.15, -0.1) is 6.58 Å². The van der Waals surface area contributed by atoms with Crippen molar-refractivity contribution in [1.82, 2.24) is 0 Å². The van der Waals surface area contributed by atoms with Gasteiger partial charge in [0.1, 0.15) is 11.6 Å². The molecule has 4 aromatic rings. The summed E-state index contributed by atoms with van der Waals surface area (Å²) < 4.78 is 20.2. The highest BCUT2D eigenvalue weighted by Gasteiger charge is 2.08. The van der Waals surface area contributed by atoms with E-state index in [1.54, 1.807) is 30.3 Å². The summed E-state index contributed by atoms with van der Waals surface area (Å²) in [6, 6.07) is 30.6. The van der Waals surface area contributed by atoms with Crippen LogP contribution in [0.4, 0.5) is 4.39 Å². The lowest BCUT2D eigenvalue weighted by Crippen LogP contribution is -2.07. The van der Waals surface area contributed by atoms with E-state index in [1.165, 1.54) is 5.56 Å². The van der Waals surface area contributed by atoms with Crippen LogP contribution in [0.3, 0.4) is 0 Å². The first kappa shape index (κ1) is 29.5. The van der Waals surface area contributed by atoms with Gasteiger partial charge in [0, 0.05) is 12.0 Å². The van der Waals surface area contributed by atoms with Crippen molar-refractivity contribution in [2.24, 2.45) is 0 Å². The molecule has 0 aliphatic rings. The summed E-state index contributed by atoms with van der Waals surface area (Å²) in [4.78, 5) is 12.3. The Bertz CT molecular complexity index is 1470. The molecule has 4 rings (SSSR count). The van der Waals surface area contributed by atoms with Crippen molar-refractivity contribution in [3.63, 3.8) is 0 Å². The van der Waals surface area contributed by atoms with E-state index in [0.29, 0.717) is 23.3 Å². The summed E-state index contributed by atoms with van der Waals surface area (Å²) in [7, 11) is 0. The number of rotatable bonds is 14. The first-order chi connectivity index (χ1) is 20.1. The van der Waals surface area contributed by atoms with E-state index in [-0.39, 0.29) is 11.8 Å². The first-order valence-corrected chi connectivity index (χ1v) is 14.4. The highest BCUT2D eigenvalue weighted by Crippen LogP contribution is 2.26. The van der Waals surface area contributed by atoms with Gasteiger partial charge in [-0.3, -0.25) is 4.79 Å². The largest absolute Gasteiger partial charge is 0.427 e. The van der Waals surface area contributed by atoms with Crippen molar-refractivity contribution in [2.45, 2.75) is 57.8 Å². The van der Waals surface area contributed by atoms with Crippen molar-refractivity contribution >= 4 is 5.97 Å². The van der Waals surface area contributed by atoms with Crippen LogP contribution in [0.25, 0.3) is 22.3 Å². The van der Waals surface area contributed by atoms with Gasteiger partial charge >= 0.3 is 5.97 Å². The van der Waals surface area contributed by atoms with Gasteiger partial charge in [0.15, 0.2) is 0 Å². The number of unbranched alkanes of at least 4 members (excludes halogenated alkanes) is 4. The van der Waals surface area contributed by atoms with E-state index in [4.69, 9.17) is 10.00 Å². The lowest BCUT2D eigenvalue weighted by atomic mass is 9.99. The van der Waals surface area contributed by atoms with Gasteiger partial charge in [0.05, 0.1) is 11.6 Å². The molecule has 0 radical (unpaired) electrons. The van der Waals surface area contributed by atoms with E-state index in [0.717, 1.165) is 73.6 Å². The normalized spacial score (nSPS) is 10.6. The third-order valence-corrected chi connectivity index (χ3v) is 7.22. The first-order valence-electron chi connectivity index (χ1n) is 14.4. The molecule has 41 heavy (non-hydrogen) atoms. The number of carbonyl (C=O) groups is 1. The summed E-state index contributed by atoms with van der Waals surface area (Å²) in [6.45, 7) is 3.77. The third kappa shape index (κ3) is 9.01. The quantitative estimate of drug-likeness (QED) is 0.0686. The van der Waals surface area contributed by atoms with Crippen LogP contribution in [-0.4, -0.2) is 5.97 Å². The zero-order chi connectivity index (χ0) is 28.9. The summed E-state index contributed by atoms with van der Waals surface area (Å²) >= 11 is 0. The van der Waals surface area contributed by atoms with Crippen LogP contribution in [0, 0.1) is 17.1 Å². The molecule has 0 saturated heterocycles. The molecule has 0 spiro atoms. The molecular weight excluding hydrogens is 509 g/mol. The molecule has 4 heteroatoms. The number of nitriles is 1. The zero-order valence-corrected chi connectivity index (χ0v) is 23.5. The minimum atomic E-state index is -0.242. The van der Waals surface area contributed by atoms with Crippen LogP contribution >= 0.6 is 0 Å². The maximum absolute atomic E-state index is 14.7. The van der Waals surface area contributed by atoms with Crippen LogP contribution in [0.5, 0.6) is 5.75 Å². The number of halogens is 1. The fraction of sp³-hybridized carbons (Fsp3) is 0.243. The molecule has 0 saturated carbocycles. The minimum Gasteiger partial charge on any atom is -0.427 e. The SMILES string of the molecule is C=CCCc1ccc(-c2ccc(OC(=O)CCCCCCCc3ccc(-c4ccc(C#N)cc4)c(F)c3)cc2)cc1. The maximum atomic E-state index is 14.7. The number of aryl methyl sites for hydroxylation is 2. The molecule has 0 unspecified atom stereocenters. The fourth-order valence-electron chi connectivity index (χ4n) is 4.83. The van der Waals surface area contributed by atoms with Gasteiger partial charge in [0.2, 0.25) is 0 Å². The second-order valence-corrected chi connectivity index (χ2v) is 10.3. The number of hydrogen-bond donors (Lipinski definition) is 0. The Morgan fingerprint density at radius 1 is 0.756 bits per heavy atom. The van der Waals surface area contributed by atoms with E-state index in [2.05, 4.69) is 36.9 Å². The van der Waals surface area contributed by atoms with Gasteiger partial charge in [-0.2, -0.15) is 5.26 Å². The van der Waals surface area contributed by atoms with E-state index < -0.39 is 0 Å². The summed E-state index contributed by atoms with van der Waals surface area (Å²) in [5.41, 5.74) is 6.37. The van der Waals surface area contributed by atoms with E-state index in [9.17, 15) is 9.18 Å². The second kappa shape index (κ2) is 15.3. The molecule has 4 aromatic carbocycles. The van der Waals surface area contributed by atoms with Crippen molar-refractivity contribution < 1.29 is 13.9 Å². The standard InChI is InChI=1S/C37H36FNO2/c1-2-3-9-28-12-17-31(18-13-28)32-21-23-34(24-22-32)41-37(40)11-8-6-4-5-7-10-29-16-25-35(36(38)26-29)33-19-14-30(27-39)15-20-33/h2,12-26H,1,3-11H2. The number of allylic oxidation sites excluding steroid dienone is 1. The highest BCUT2D eigenvalue weighted by atomic mass is 19.1. The molecule has 0 amide bonds. The van der Waals surface area contributed by atoms with Crippen molar-refractivity contribution in [1.29, 1.82) is 5.26 Å². The van der Waals surface area contributed by atoms with Crippen molar-refractivity contribution in [3.8, 4) is 34.1 Å². The fourth-order valence-corrected chi connectivity index (χ4v) is 4.83. The molecule has 0 atom stereocenters. The van der Waals surface area contributed by atoms with Crippen molar-refractivity contribution in [2.75, 3.05) is 0 Å². The Balaban J connectivity index is 1.11. The summed E-state index contributed by atoms with van der Waals surface area (Å²) in [5.74, 6) is 0.120. The van der Waals surface area contributed by atoms with Crippen LogP contribution < -0.4 is 4.74 Å². The molecule has 0 aromatic heterocycles. The van der Waals surface area contributed by atoms with E-state index >= 15 is 0 Å². The Morgan fingerprint density at radius 2 is 1.37 bits per heavy atom. The number of ether oxygens (including phenoxy) is 1. The predicted octanol–water partition coefficient (Wildman–Crippen LogP) is 9.64. The summed E-state index contributed by atoms with van der Waals surface area (Å²) in [6.07, 6.45) is 9.91. The monoisotopic (exact) mass is 545 g/mol. The predicted molar refractivity (Wildman–Crippen MR) is 164 cm³/mol. The molecular formula is C37H36FNO2. The second-order valence-electron chi connectivity index (χ2n) is 10.3. The average Bonchev–Trinajstić information content (AvgIpc) is 3.00. The van der Waals surface area contributed by atoms with Crippen LogP contribution in [0.1, 0.15) is 61.6 Å². The Labute approximate surface area is 242 Å². The smallest absolute Gasteiger partial charge is 0.311 e. The van der Waals surface area contributed by atoms with Gasteiger partial charge in [-0.25, -0.2) is 4.39 Å². The number of hydrogen-bond acceptors (Lipinski definition) is 3. The van der Waals surface area contributed by atoms with Crippen LogP contribution in [0.15, 0.2) is 104 Å². The molecule has 0 fully saturated rings. The maximum Gasteiger partial charge on any atom is 0.311 e. The van der Waals surface area contributed by atoms with Gasteiger partial charge in [-0.1, -0.05) is 86.0 Å². The third-order valence-electron chi connectivity index (χ3n) is 7.22. The number of nitrogens with zero attached hydrogens (tertiary/aromatic N) is 1. The molecule has 0 bridgehead atoms. The molecule has 3 nitrogen and oxygen atoms in total. The minimum absolute atomic E-state index is 0.206. The molecule has 0 N–H and O–H groups in total. The average molecular weight is 546 g/mol. The van der Waals surface area contributed by atoms with Gasteiger partial charge < -0.3 is 4.74 Å². The lowest BCUT2D eigenvalue weighted by Gasteiger charge is -2.08. The molecule has 0 aliphatic heterocycles. The number of esters is 1. The van der Waals surface area contributed by atoms with Gasteiger partial charge in [0.25, 0.3) is 0 Å².